The van der Waals surface area contributed by atoms with Crippen molar-refractivity contribution in [2.24, 2.45) is 5.92 Å². The van der Waals surface area contributed by atoms with Crippen LogP contribution in [0.3, 0.4) is 0 Å². The number of nitrogens with one attached hydrogen (secondary N) is 2. The van der Waals surface area contributed by atoms with E-state index in [9.17, 15) is 9.59 Å². The Morgan fingerprint density at radius 3 is 2.29 bits per heavy atom. The van der Waals surface area contributed by atoms with Crippen molar-refractivity contribution in [1.29, 1.82) is 0 Å². The van der Waals surface area contributed by atoms with Crippen LogP contribution < -0.4 is 10.6 Å². The number of hydrogen-bond donors (Lipinski definition) is 2. The van der Waals surface area contributed by atoms with E-state index in [1.54, 1.807) is 4.90 Å². The third kappa shape index (κ3) is 4.55. The highest BCUT2D eigenvalue weighted by Crippen LogP contribution is 2.28. The maximum atomic E-state index is 12.6. The van der Waals surface area contributed by atoms with Crippen molar-refractivity contribution in [2.75, 3.05) is 10.6 Å². The third-order valence-electron chi connectivity index (χ3n) is 5.55. The van der Waals surface area contributed by atoms with Gasteiger partial charge in [-0.15, -0.1) is 0 Å². The number of carbonyl (C=O) groups excluding carboxylic acids is 2. The zero-order chi connectivity index (χ0) is 19.5. The molecule has 2 aromatic rings. The standard InChI is InChI=1S/C22H24BrN3O2/c23-18-6-5-16-13-26(14-17(16)12-18)22(28)25-20-9-7-19(8-10-20)24-21(27)11-15-3-1-2-4-15/h5-10,12,15H,1-4,11,13-14H2,(H,24,27)(H,25,28). The molecule has 2 aliphatic rings. The predicted octanol–water partition coefficient (Wildman–Crippen LogP) is 5.52. The van der Waals surface area contributed by atoms with Gasteiger partial charge < -0.3 is 15.5 Å². The van der Waals surface area contributed by atoms with Crippen LogP contribution in [0.15, 0.2) is 46.9 Å². The molecule has 1 aliphatic carbocycles. The highest BCUT2D eigenvalue weighted by Gasteiger charge is 2.23. The SMILES string of the molecule is O=C(CC1CCCC1)Nc1ccc(NC(=O)N2Cc3ccc(Br)cc3C2)cc1. The average Bonchev–Trinajstić information content (AvgIpc) is 3.32. The molecule has 0 bridgehead atoms. The molecule has 1 aliphatic heterocycles. The summed E-state index contributed by atoms with van der Waals surface area (Å²) in [6, 6.07) is 13.3. The normalized spacial score (nSPS) is 16.1. The van der Waals surface area contributed by atoms with E-state index in [0.717, 1.165) is 28.7 Å². The largest absolute Gasteiger partial charge is 0.326 e. The maximum absolute atomic E-state index is 12.6. The van der Waals surface area contributed by atoms with Crippen LogP contribution in [-0.2, 0) is 17.9 Å². The van der Waals surface area contributed by atoms with Gasteiger partial charge in [-0.3, -0.25) is 4.79 Å². The summed E-state index contributed by atoms with van der Waals surface area (Å²) in [6.07, 6.45) is 5.41. The minimum absolute atomic E-state index is 0.0738. The van der Waals surface area contributed by atoms with E-state index < -0.39 is 0 Å². The van der Waals surface area contributed by atoms with Crippen molar-refractivity contribution in [3.8, 4) is 0 Å². The highest BCUT2D eigenvalue weighted by atomic mass is 79.9. The Kier molecular flexibility index (Phi) is 5.67. The predicted molar refractivity (Wildman–Crippen MR) is 114 cm³/mol. The summed E-state index contributed by atoms with van der Waals surface area (Å²) < 4.78 is 1.03. The van der Waals surface area contributed by atoms with E-state index >= 15 is 0 Å². The number of halogens is 1. The topological polar surface area (TPSA) is 61.4 Å². The zero-order valence-corrected chi connectivity index (χ0v) is 17.3. The molecule has 2 aromatic carbocycles. The summed E-state index contributed by atoms with van der Waals surface area (Å²) in [5.41, 5.74) is 3.83. The Labute approximate surface area is 173 Å². The number of nitrogens with zero attached hydrogens (tertiary/aromatic N) is 1. The molecule has 0 unspecified atom stereocenters. The molecule has 6 heteroatoms. The monoisotopic (exact) mass is 441 g/mol. The molecule has 0 spiro atoms. The fourth-order valence-corrected chi connectivity index (χ4v) is 4.44. The van der Waals surface area contributed by atoms with Gasteiger partial charge >= 0.3 is 6.03 Å². The first-order chi connectivity index (χ1) is 13.6. The molecule has 0 saturated heterocycles. The number of anilines is 2. The third-order valence-corrected chi connectivity index (χ3v) is 6.04. The summed E-state index contributed by atoms with van der Waals surface area (Å²) in [6.45, 7) is 1.22. The quantitative estimate of drug-likeness (QED) is 0.656. The first-order valence-electron chi connectivity index (χ1n) is 9.80. The molecule has 1 saturated carbocycles. The van der Waals surface area contributed by atoms with Gasteiger partial charge in [-0.2, -0.15) is 0 Å². The molecule has 5 nitrogen and oxygen atoms in total. The lowest BCUT2D eigenvalue weighted by atomic mass is 10.0. The highest BCUT2D eigenvalue weighted by molar-refractivity contribution is 9.10. The van der Waals surface area contributed by atoms with E-state index in [1.165, 1.54) is 24.0 Å². The number of fused-ring (bicyclic) bond motifs is 1. The van der Waals surface area contributed by atoms with E-state index in [1.807, 2.05) is 30.3 Å². The van der Waals surface area contributed by atoms with Crippen molar-refractivity contribution in [1.82, 2.24) is 4.90 Å². The lowest BCUT2D eigenvalue weighted by Gasteiger charge is -2.16. The van der Waals surface area contributed by atoms with Gasteiger partial charge in [0.05, 0.1) is 0 Å². The molecule has 0 atom stereocenters. The van der Waals surface area contributed by atoms with Gasteiger partial charge in [0.1, 0.15) is 0 Å². The summed E-state index contributed by atoms with van der Waals surface area (Å²) in [5.74, 6) is 0.605. The summed E-state index contributed by atoms with van der Waals surface area (Å²) >= 11 is 3.47. The Hall–Kier alpha value is -2.34. The molecule has 0 aromatic heterocycles. The van der Waals surface area contributed by atoms with E-state index in [2.05, 4.69) is 38.7 Å². The van der Waals surface area contributed by atoms with Crippen molar-refractivity contribution in [3.05, 3.63) is 58.1 Å². The molecule has 2 N–H and O–H groups in total. The van der Waals surface area contributed by atoms with Crippen LogP contribution in [0.5, 0.6) is 0 Å². The van der Waals surface area contributed by atoms with E-state index in [4.69, 9.17) is 0 Å². The second kappa shape index (κ2) is 8.35. The van der Waals surface area contributed by atoms with Gasteiger partial charge in [0.25, 0.3) is 0 Å². The smallest absolute Gasteiger partial charge is 0.322 e. The Balaban J connectivity index is 1.29. The molecule has 1 fully saturated rings. The molecule has 146 valence electrons. The van der Waals surface area contributed by atoms with Crippen molar-refractivity contribution in [3.63, 3.8) is 0 Å². The van der Waals surface area contributed by atoms with Gasteiger partial charge in [0.2, 0.25) is 5.91 Å². The molecule has 0 radical (unpaired) electrons. The average molecular weight is 442 g/mol. The van der Waals surface area contributed by atoms with Crippen LogP contribution >= 0.6 is 15.9 Å². The molecule has 1 heterocycles. The van der Waals surface area contributed by atoms with Crippen LogP contribution in [0.4, 0.5) is 16.2 Å². The Bertz CT molecular complexity index is 876. The minimum Gasteiger partial charge on any atom is -0.326 e. The number of benzene rings is 2. The summed E-state index contributed by atoms with van der Waals surface area (Å²) in [4.78, 5) is 26.5. The van der Waals surface area contributed by atoms with Crippen molar-refractivity contribution in [2.45, 2.75) is 45.2 Å². The Morgan fingerprint density at radius 2 is 1.57 bits per heavy atom. The van der Waals surface area contributed by atoms with Gasteiger partial charge in [-0.05, 0) is 66.3 Å². The molecular weight excluding hydrogens is 418 g/mol. The first-order valence-corrected chi connectivity index (χ1v) is 10.6. The molecule has 4 rings (SSSR count). The van der Waals surface area contributed by atoms with E-state index in [0.29, 0.717) is 25.4 Å². The van der Waals surface area contributed by atoms with Gasteiger partial charge in [0, 0.05) is 35.4 Å². The summed E-state index contributed by atoms with van der Waals surface area (Å²) in [5, 5.41) is 5.89. The van der Waals surface area contributed by atoms with Crippen molar-refractivity contribution >= 4 is 39.2 Å². The maximum Gasteiger partial charge on any atom is 0.322 e. The van der Waals surface area contributed by atoms with E-state index in [-0.39, 0.29) is 11.9 Å². The van der Waals surface area contributed by atoms with Crippen LogP contribution in [-0.4, -0.2) is 16.8 Å². The lowest BCUT2D eigenvalue weighted by Crippen LogP contribution is -2.30. The minimum atomic E-state index is -0.120. The number of amides is 3. The summed E-state index contributed by atoms with van der Waals surface area (Å²) in [7, 11) is 0. The number of rotatable bonds is 4. The molecule has 3 amide bonds. The van der Waals surface area contributed by atoms with Crippen LogP contribution in [0.1, 0.15) is 43.2 Å². The Morgan fingerprint density at radius 1 is 0.929 bits per heavy atom. The van der Waals surface area contributed by atoms with Crippen LogP contribution in [0.25, 0.3) is 0 Å². The molecular formula is C22H24BrN3O2. The fraction of sp³-hybridized carbons (Fsp3) is 0.364. The van der Waals surface area contributed by atoms with Gasteiger partial charge in [-0.1, -0.05) is 34.8 Å². The lowest BCUT2D eigenvalue weighted by molar-refractivity contribution is -0.117. The first kappa shape index (κ1) is 19.0. The fourth-order valence-electron chi connectivity index (χ4n) is 4.03. The van der Waals surface area contributed by atoms with Gasteiger partial charge in [0.15, 0.2) is 0 Å². The van der Waals surface area contributed by atoms with Gasteiger partial charge in [-0.25, -0.2) is 4.79 Å². The second-order valence-electron chi connectivity index (χ2n) is 7.68. The zero-order valence-electron chi connectivity index (χ0n) is 15.7. The molecule has 28 heavy (non-hydrogen) atoms. The number of hydrogen-bond acceptors (Lipinski definition) is 2. The number of carbonyl (C=O) groups is 2. The van der Waals surface area contributed by atoms with Crippen molar-refractivity contribution < 1.29 is 9.59 Å². The van der Waals surface area contributed by atoms with Crippen LogP contribution in [0.2, 0.25) is 0 Å². The second-order valence-corrected chi connectivity index (χ2v) is 8.60. The van der Waals surface area contributed by atoms with Crippen LogP contribution in [0, 0.1) is 5.92 Å². The number of urea groups is 1.